The SMILES string of the molecule is C[C@@]1(O)[C@H](O)[C@@H](COP2(=O)OCC[C@H](c3cccc(F)c3F)O2)O[C@H]1n1cnc2c(N)ncnc21. The lowest BCUT2D eigenvalue weighted by Crippen LogP contribution is -2.44. The van der Waals surface area contributed by atoms with Gasteiger partial charge >= 0.3 is 7.82 Å². The predicted molar refractivity (Wildman–Crippen MR) is 115 cm³/mol. The van der Waals surface area contributed by atoms with Crippen LogP contribution in [0.2, 0.25) is 0 Å². The Balaban J connectivity index is 1.32. The van der Waals surface area contributed by atoms with E-state index in [2.05, 4.69) is 15.0 Å². The number of anilines is 1. The molecule has 4 N–H and O–H groups in total. The summed E-state index contributed by atoms with van der Waals surface area (Å²) in [6.07, 6.45) is -2.22. The van der Waals surface area contributed by atoms with E-state index in [-0.39, 0.29) is 35.6 Å². The summed E-state index contributed by atoms with van der Waals surface area (Å²) in [7, 11) is -4.23. The topological polar surface area (TPSA) is 164 Å². The highest BCUT2D eigenvalue weighted by Gasteiger charge is 2.54. The van der Waals surface area contributed by atoms with Crippen molar-refractivity contribution in [3.05, 3.63) is 48.1 Å². The summed E-state index contributed by atoms with van der Waals surface area (Å²) in [6, 6.07) is 3.58. The summed E-state index contributed by atoms with van der Waals surface area (Å²) < 4.78 is 63.9. The van der Waals surface area contributed by atoms with Crippen LogP contribution in [0.25, 0.3) is 11.2 Å². The third-order valence-corrected chi connectivity index (χ3v) is 7.48. The molecule has 2 aliphatic heterocycles. The lowest BCUT2D eigenvalue weighted by Gasteiger charge is -2.30. The smallest absolute Gasteiger partial charge is 0.387 e. The van der Waals surface area contributed by atoms with Crippen molar-refractivity contribution >= 4 is 24.8 Å². The molecule has 1 unspecified atom stereocenters. The first-order valence-corrected chi connectivity index (χ1v) is 12.1. The molecular formula is C20H22F2N5O7P. The number of halogens is 2. The number of nitrogens with two attached hydrogens (primary N) is 1. The fraction of sp³-hybridized carbons (Fsp3) is 0.450. The van der Waals surface area contributed by atoms with Gasteiger partial charge in [-0.25, -0.2) is 28.3 Å². The molecule has 2 saturated heterocycles. The predicted octanol–water partition coefficient (Wildman–Crippen LogP) is 2.00. The number of ether oxygens (including phenoxy) is 1. The maximum absolute atomic E-state index is 14.2. The molecule has 0 radical (unpaired) electrons. The van der Waals surface area contributed by atoms with E-state index in [9.17, 15) is 23.6 Å². The molecule has 2 fully saturated rings. The van der Waals surface area contributed by atoms with E-state index < -0.39 is 56.2 Å². The van der Waals surface area contributed by atoms with E-state index in [0.717, 1.165) is 6.07 Å². The highest BCUT2D eigenvalue weighted by molar-refractivity contribution is 7.48. The highest BCUT2D eigenvalue weighted by atomic mass is 31.2. The maximum atomic E-state index is 14.2. The van der Waals surface area contributed by atoms with Gasteiger partial charge < -0.3 is 20.7 Å². The number of hydrogen-bond donors (Lipinski definition) is 3. The van der Waals surface area contributed by atoms with Gasteiger partial charge in [0.2, 0.25) is 0 Å². The average Bonchev–Trinajstić information content (AvgIpc) is 3.34. The lowest BCUT2D eigenvalue weighted by molar-refractivity contribution is -0.0953. The highest BCUT2D eigenvalue weighted by Crippen LogP contribution is 2.57. The van der Waals surface area contributed by atoms with Crippen LogP contribution in [-0.4, -0.2) is 60.8 Å². The van der Waals surface area contributed by atoms with Gasteiger partial charge in [-0.15, -0.1) is 0 Å². The fourth-order valence-electron chi connectivity index (χ4n) is 4.14. The van der Waals surface area contributed by atoms with Crippen LogP contribution >= 0.6 is 7.82 Å². The van der Waals surface area contributed by atoms with E-state index in [1.54, 1.807) is 0 Å². The first-order valence-electron chi connectivity index (χ1n) is 10.6. The number of imidazole rings is 1. The van der Waals surface area contributed by atoms with Gasteiger partial charge in [-0.3, -0.25) is 18.1 Å². The summed E-state index contributed by atoms with van der Waals surface area (Å²) in [5, 5.41) is 21.7. The van der Waals surface area contributed by atoms with Gasteiger partial charge in [-0.1, -0.05) is 12.1 Å². The van der Waals surface area contributed by atoms with Crippen molar-refractivity contribution in [2.24, 2.45) is 0 Å². The van der Waals surface area contributed by atoms with Gasteiger partial charge in [0.1, 0.15) is 29.7 Å². The van der Waals surface area contributed by atoms with Crippen LogP contribution in [0.5, 0.6) is 0 Å². The second kappa shape index (κ2) is 8.82. The molecule has 2 aliphatic rings. The number of phosphoric acid groups is 1. The zero-order chi connectivity index (χ0) is 25.0. The van der Waals surface area contributed by atoms with Gasteiger partial charge in [0, 0.05) is 12.0 Å². The first kappa shape index (κ1) is 24.1. The number of aliphatic hydroxyl groups excluding tert-OH is 1. The van der Waals surface area contributed by atoms with Crippen molar-refractivity contribution in [3.63, 3.8) is 0 Å². The van der Waals surface area contributed by atoms with Gasteiger partial charge in [0.15, 0.2) is 29.3 Å². The zero-order valence-electron chi connectivity index (χ0n) is 18.3. The Morgan fingerprint density at radius 3 is 2.94 bits per heavy atom. The second-order valence-electron chi connectivity index (χ2n) is 8.38. The van der Waals surface area contributed by atoms with Gasteiger partial charge in [-0.05, 0) is 13.0 Å². The molecule has 12 nitrogen and oxygen atoms in total. The minimum atomic E-state index is -4.23. The largest absolute Gasteiger partial charge is 0.475 e. The third-order valence-electron chi connectivity index (χ3n) is 6.01. The standard InChI is InChI=1S/C20H22F2N5O7P/c1-20(29)16(28)13(33-19(20)27-9-26-15-17(23)24-8-25-18(15)27)7-32-35(30)31-6-5-12(34-35)10-3-2-4-11(21)14(10)22/h2-4,8-9,12-13,16,19,28-29H,5-7H2,1H3,(H2,23,24,25)/t12-,13-,16-,19-,20-,35?/m1/s1. The van der Waals surface area contributed by atoms with Gasteiger partial charge in [0.25, 0.3) is 0 Å². The van der Waals surface area contributed by atoms with Crippen LogP contribution in [0.1, 0.15) is 31.2 Å². The minimum absolute atomic E-state index is 0.103. The van der Waals surface area contributed by atoms with Crippen molar-refractivity contribution in [2.75, 3.05) is 18.9 Å². The Morgan fingerprint density at radius 1 is 1.34 bits per heavy atom. The summed E-state index contributed by atoms with van der Waals surface area (Å²) in [5.41, 5.74) is 4.40. The second-order valence-corrected chi connectivity index (χ2v) is 10.0. The molecule has 0 bridgehead atoms. The van der Waals surface area contributed by atoms with Crippen molar-refractivity contribution < 1.29 is 41.9 Å². The van der Waals surface area contributed by atoms with Crippen molar-refractivity contribution in [3.8, 4) is 0 Å². The van der Waals surface area contributed by atoms with E-state index in [1.165, 1.54) is 36.3 Å². The molecule has 3 aromatic rings. The van der Waals surface area contributed by atoms with E-state index in [0.29, 0.717) is 0 Å². The monoisotopic (exact) mass is 513 g/mol. The van der Waals surface area contributed by atoms with Crippen LogP contribution in [0.15, 0.2) is 30.9 Å². The van der Waals surface area contributed by atoms with Crippen LogP contribution in [0.4, 0.5) is 14.6 Å². The Morgan fingerprint density at radius 2 is 2.14 bits per heavy atom. The molecular weight excluding hydrogens is 491 g/mol. The average molecular weight is 513 g/mol. The van der Waals surface area contributed by atoms with E-state index >= 15 is 0 Å². The van der Waals surface area contributed by atoms with Gasteiger partial charge in [0.05, 0.1) is 25.6 Å². The van der Waals surface area contributed by atoms with E-state index in [4.69, 9.17) is 24.0 Å². The number of aromatic nitrogens is 4. The quantitative estimate of drug-likeness (QED) is 0.428. The summed E-state index contributed by atoms with van der Waals surface area (Å²) >= 11 is 0. The Hall–Kier alpha value is -2.58. The number of nitrogens with zero attached hydrogens (tertiary/aromatic N) is 4. The Labute approximate surface area is 197 Å². The van der Waals surface area contributed by atoms with Crippen LogP contribution in [0.3, 0.4) is 0 Å². The molecule has 0 saturated carbocycles. The normalized spacial score (nSPS) is 33.4. The molecule has 0 amide bonds. The number of hydrogen-bond acceptors (Lipinski definition) is 11. The molecule has 35 heavy (non-hydrogen) atoms. The zero-order valence-corrected chi connectivity index (χ0v) is 19.2. The summed E-state index contributed by atoms with van der Waals surface area (Å²) in [6.45, 7) is 0.735. The van der Waals surface area contributed by atoms with Crippen LogP contribution in [0, 0.1) is 11.6 Å². The number of nitrogen functional groups attached to an aromatic ring is 1. The lowest BCUT2D eigenvalue weighted by atomic mass is 9.96. The fourth-order valence-corrected chi connectivity index (χ4v) is 5.53. The van der Waals surface area contributed by atoms with Crippen LogP contribution < -0.4 is 5.73 Å². The maximum Gasteiger partial charge on any atom is 0.475 e. The van der Waals surface area contributed by atoms with E-state index in [1.807, 2.05) is 0 Å². The van der Waals surface area contributed by atoms with Crippen molar-refractivity contribution in [2.45, 2.75) is 43.5 Å². The molecule has 0 aliphatic carbocycles. The number of benzene rings is 1. The summed E-state index contributed by atoms with van der Waals surface area (Å²) in [5.74, 6) is -2.06. The Bertz CT molecular complexity index is 1310. The Kier molecular flexibility index (Phi) is 6.08. The molecule has 0 spiro atoms. The number of rotatable bonds is 5. The minimum Gasteiger partial charge on any atom is -0.387 e. The number of phosphoric ester groups is 1. The molecule has 2 aromatic heterocycles. The summed E-state index contributed by atoms with van der Waals surface area (Å²) in [4.78, 5) is 12.1. The molecule has 15 heteroatoms. The number of aliphatic hydroxyl groups is 2. The van der Waals surface area contributed by atoms with Crippen molar-refractivity contribution in [1.29, 1.82) is 0 Å². The molecule has 6 atom stereocenters. The molecule has 4 heterocycles. The molecule has 188 valence electrons. The van der Waals surface area contributed by atoms with Crippen molar-refractivity contribution in [1.82, 2.24) is 19.5 Å². The molecule has 1 aromatic carbocycles. The first-order chi connectivity index (χ1) is 16.6. The van der Waals surface area contributed by atoms with Gasteiger partial charge in [-0.2, -0.15) is 0 Å². The number of fused-ring (bicyclic) bond motifs is 1. The molecule has 5 rings (SSSR count). The third kappa shape index (κ3) is 4.20. The van der Waals surface area contributed by atoms with Crippen LogP contribution in [-0.2, 0) is 22.9 Å².